The summed E-state index contributed by atoms with van der Waals surface area (Å²) < 4.78 is 7.32. The van der Waals surface area contributed by atoms with Gasteiger partial charge in [0.2, 0.25) is 0 Å². The minimum absolute atomic E-state index is 0.0903. The van der Waals surface area contributed by atoms with Crippen LogP contribution in [0.15, 0.2) is 73.6 Å². The molecule has 3 aromatic rings. The van der Waals surface area contributed by atoms with Gasteiger partial charge in [0.15, 0.2) is 0 Å². The maximum Gasteiger partial charge on any atom is 0.254 e. The van der Waals surface area contributed by atoms with Gasteiger partial charge in [-0.3, -0.25) is 4.79 Å². The largest absolute Gasteiger partial charge is 0.497 e. The van der Waals surface area contributed by atoms with Gasteiger partial charge in [0.1, 0.15) is 11.6 Å². The summed E-state index contributed by atoms with van der Waals surface area (Å²) in [6, 6.07) is 14.8. The fourth-order valence-corrected chi connectivity index (χ4v) is 3.05. The van der Waals surface area contributed by atoms with Crippen molar-refractivity contribution in [2.45, 2.75) is 13.1 Å². The lowest BCUT2D eigenvalue weighted by Gasteiger charge is -2.21. The molecule has 0 saturated carbocycles. The summed E-state index contributed by atoms with van der Waals surface area (Å²) in [5.41, 5.74) is 1.68. The molecule has 0 radical (unpaired) electrons. The van der Waals surface area contributed by atoms with E-state index in [0.717, 1.165) is 17.1 Å². The summed E-state index contributed by atoms with van der Waals surface area (Å²) in [6.45, 7) is 5.22. The van der Waals surface area contributed by atoms with Crippen molar-refractivity contribution in [2.24, 2.45) is 0 Å². The van der Waals surface area contributed by atoms with E-state index in [1.165, 1.54) is 0 Å². The topological polar surface area (TPSA) is 47.4 Å². The average molecular weight is 396 g/mol. The first-order chi connectivity index (χ1) is 13.6. The number of hydrogen-bond donors (Lipinski definition) is 0. The van der Waals surface area contributed by atoms with E-state index >= 15 is 0 Å². The van der Waals surface area contributed by atoms with E-state index in [9.17, 15) is 4.79 Å². The van der Waals surface area contributed by atoms with Crippen LogP contribution in [0, 0.1) is 0 Å². The molecule has 6 heteroatoms. The van der Waals surface area contributed by atoms with E-state index in [0.29, 0.717) is 30.2 Å². The number of benzene rings is 2. The second-order valence-electron chi connectivity index (χ2n) is 6.30. The Hall–Kier alpha value is -3.05. The zero-order chi connectivity index (χ0) is 19.9. The van der Waals surface area contributed by atoms with E-state index in [4.69, 9.17) is 16.3 Å². The first kappa shape index (κ1) is 19.7. The van der Waals surface area contributed by atoms with Crippen LogP contribution >= 0.6 is 11.6 Å². The fourth-order valence-electron chi connectivity index (χ4n) is 2.92. The van der Waals surface area contributed by atoms with Crippen molar-refractivity contribution in [3.8, 4) is 5.75 Å². The van der Waals surface area contributed by atoms with E-state index in [-0.39, 0.29) is 5.91 Å². The second-order valence-corrected chi connectivity index (χ2v) is 6.74. The maximum absolute atomic E-state index is 12.9. The van der Waals surface area contributed by atoms with Gasteiger partial charge < -0.3 is 14.2 Å². The normalized spacial score (nSPS) is 10.5. The number of amides is 1. The first-order valence-electron chi connectivity index (χ1n) is 8.89. The molecule has 0 aliphatic heterocycles. The van der Waals surface area contributed by atoms with Gasteiger partial charge in [-0.2, -0.15) is 0 Å². The molecular weight excluding hydrogens is 374 g/mol. The molecule has 0 atom stereocenters. The highest BCUT2D eigenvalue weighted by atomic mass is 35.5. The Bertz CT molecular complexity index is 950. The summed E-state index contributed by atoms with van der Waals surface area (Å²) in [7, 11) is 1.65. The zero-order valence-electron chi connectivity index (χ0n) is 15.7. The third kappa shape index (κ3) is 4.81. The number of halogens is 1. The van der Waals surface area contributed by atoms with Crippen LogP contribution in [0.5, 0.6) is 5.75 Å². The minimum atomic E-state index is -0.0903. The predicted molar refractivity (Wildman–Crippen MR) is 111 cm³/mol. The molecule has 0 saturated heterocycles. The van der Waals surface area contributed by atoms with E-state index < -0.39 is 0 Å². The smallest absolute Gasteiger partial charge is 0.254 e. The predicted octanol–water partition coefficient (Wildman–Crippen LogP) is 4.42. The van der Waals surface area contributed by atoms with E-state index in [2.05, 4.69) is 11.6 Å². The standard InChI is InChI=1S/C22H22ClN3O2/c1-3-12-26(22(27)18-7-9-19(23)10-8-18)16-21-24-11-13-25(21)15-17-5-4-6-20(14-17)28-2/h3-11,13-14H,1,12,15-16H2,2H3. The SMILES string of the molecule is C=CCN(Cc1nccn1Cc1cccc(OC)c1)C(=O)c1ccc(Cl)cc1. The highest BCUT2D eigenvalue weighted by Gasteiger charge is 2.17. The quantitative estimate of drug-likeness (QED) is 0.530. The van der Waals surface area contributed by atoms with Gasteiger partial charge in [-0.15, -0.1) is 6.58 Å². The molecule has 3 rings (SSSR count). The Morgan fingerprint density at radius 1 is 1.29 bits per heavy atom. The average Bonchev–Trinajstić information content (AvgIpc) is 3.14. The molecule has 1 heterocycles. The summed E-state index contributed by atoms with van der Waals surface area (Å²) in [4.78, 5) is 19.1. The molecular formula is C22H22ClN3O2. The van der Waals surface area contributed by atoms with Crippen LogP contribution in [0.4, 0.5) is 0 Å². The molecule has 0 aliphatic rings. The number of carbonyl (C=O) groups is 1. The van der Waals surface area contributed by atoms with Gasteiger partial charge in [0, 0.05) is 36.1 Å². The fraction of sp³-hybridized carbons (Fsp3) is 0.182. The Kier molecular flexibility index (Phi) is 6.50. The zero-order valence-corrected chi connectivity index (χ0v) is 16.5. The minimum Gasteiger partial charge on any atom is -0.497 e. The Morgan fingerprint density at radius 3 is 2.79 bits per heavy atom. The molecule has 0 fully saturated rings. The summed E-state index contributed by atoms with van der Waals surface area (Å²) in [5.74, 6) is 1.52. The molecule has 1 aromatic heterocycles. The van der Waals surface area contributed by atoms with Gasteiger partial charge in [0.05, 0.1) is 13.7 Å². The van der Waals surface area contributed by atoms with Crippen LogP contribution < -0.4 is 4.74 Å². The number of ether oxygens (including phenoxy) is 1. The third-order valence-electron chi connectivity index (χ3n) is 4.35. The molecule has 0 unspecified atom stereocenters. The van der Waals surface area contributed by atoms with Crippen molar-refractivity contribution in [3.63, 3.8) is 0 Å². The number of imidazole rings is 1. The molecule has 1 amide bonds. The lowest BCUT2D eigenvalue weighted by Crippen LogP contribution is -2.32. The summed E-state index contributed by atoms with van der Waals surface area (Å²) in [6.07, 6.45) is 5.37. The monoisotopic (exact) mass is 395 g/mol. The molecule has 0 aliphatic carbocycles. The lowest BCUT2D eigenvalue weighted by atomic mass is 10.2. The van der Waals surface area contributed by atoms with Crippen LogP contribution in [0.25, 0.3) is 0 Å². The van der Waals surface area contributed by atoms with Crippen LogP contribution in [0.1, 0.15) is 21.7 Å². The molecule has 0 spiro atoms. The Morgan fingerprint density at radius 2 is 2.07 bits per heavy atom. The van der Waals surface area contributed by atoms with Gasteiger partial charge in [-0.1, -0.05) is 29.8 Å². The molecule has 0 bridgehead atoms. The highest BCUT2D eigenvalue weighted by molar-refractivity contribution is 6.30. The summed E-state index contributed by atoms with van der Waals surface area (Å²) in [5, 5.41) is 0.598. The molecule has 0 N–H and O–H groups in total. The van der Waals surface area contributed by atoms with Crippen molar-refractivity contribution >= 4 is 17.5 Å². The van der Waals surface area contributed by atoms with Crippen molar-refractivity contribution in [2.75, 3.05) is 13.7 Å². The first-order valence-corrected chi connectivity index (χ1v) is 9.27. The van der Waals surface area contributed by atoms with E-state index in [1.807, 2.05) is 35.0 Å². The maximum atomic E-state index is 12.9. The number of hydrogen-bond acceptors (Lipinski definition) is 3. The number of nitrogens with zero attached hydrogens (tertiary/aromatic N) is 3. The van der Waals surface area contributed by atoms with Gasteiger partial charge >= 0.3 is 0 Å². The van der Waals surface area contributed by atoms with Crippen molar-refractivity contribution in [3.05, 3.63) is 95.6 Å². The van der Waals surface area contributed by atoms with Crippen molar-refractivity contribution in [1.82, 2.24) is 14.5 Å². The summed E-state index contributed by atoms with van der Waals surface area (Å²) >= 11 is 5.93. The highest BCUT2D eigenvalue weighted by Crippen LogP contribution is 2.16. The molecule has 144 valence electrons. The third-order valence-corrected chi connectivity index (χ3v) is 4.60. The van der Waals surface area contributed by atoms with Crippen molar-refractivity contribution < 1.29 is 9.53 Å². The second kappa shape index (κ2) is 9.24. The van der Waals surface area contributed by atoms with E-state index in [1.54, 1.807) is 48.5 Å². The number of aromatic nitrogens is 2. The van der Waals surface area contributed by atoms with Gasteiger partial charge in [0.25, 0.3) is 5.91 Å². The molecule has 5 nitrogen and oxygen atoms in total. The number of carbonyl (C=O) groups excluding carboxylic acids is 1. The number of rotatable bonds is 8. The molecule has 2 aromatic carbocycles. The van der Waals surface area contributed by atoms with Crippen LogP contribution in [0.2, 0.25) is 5.02 Å². The van der Waals surface area contributed by atoms with Gasteiger partial charge in [-0.05, 0) is 42.0 Å². The van der Waals surface area contributed by atoms with Crippen molar-refractivity contribution in [1.29, 1.82) is 0 Å². The molecule has 28 heavy (non-hydrogen) atoms. The Labute approximate surface area is 169 Å². The lowest BCUT2D eigenvalue weighted by molar-refractivity contribution is 0.0757. The van der Waals surface area contributed by atoms with Crippen LogP contribution in [-0.2, 0) is 13.1 Å². The Balaban J connectivity index is 1.78. The number of methoxy groups -OCH3 is 1. The van der Waals surface area contributed by atoms with Gasteiger partial charge in [-0.25, -0.2) is 4.98 Å². The van der Waals surface area contributed by atoms with Crippen LogP contribution in [-0.4, -0.2) is 34.0 Å². The van der Waals surface area contributed by atoms with Crippen LogP contribution in [0.3, 0.4) is 0 Å².